The van der Waals surface area contributed by atoms with Crippen LogP contribution in [-0.4, -0.2) is 27.2 Å². The van der Waals surface area contributed by atoms with Crippen LogP contribution in [-0.2, 0) is 6.54 Å². The predicted octanol–water partition coefficient (Wildman–Crippen LogP) is 1.54. The molecule has 0 aliphatic rings. The number of carboxylic acid groups (broad SMARTS) is 1. The third-order valence-corrected chi connectivity index (χ3v) is 2.42. The molecule has 110 valence electrons. The average Bonchev–Trinajstić information content (AvgIpc) is 2.84. The van der Waals surface area contributed by atoms with Crippen molar-refractivity contribution < 1.29 is 23.6 Å². The second-order valence-corrected chi connectivity index (χ2v) is 4.04. The summed E-state index contributed by atoms with van der Waals surface area (Å²) in [4.78, 5) is 26.3. The summed E-state index contributed by atoms with van der Waals surface area (Å²) in [7, 11) is 0. The molecule has 2 amide bonds. The van der Waals surface area contributed by atoms with Gasteiger partial charge in [0.2, 0.25) is 5.89 Å². The van der Waals surface area contributed by atoms with Crippen molar-refractivity contribution in [3.05, 3.63) is 41.3 Å². The van der Waals surface area contributed by atoms with E-state index in [1.807, 2.05) is 0 Å². The van der Waals surface area contributed by atoms with Crippen molar-refractivity contribution in [2.75, 3.05) is 5.32 Å². The van der Waals surface area contributed by atoms with Crippen molar-refractivity contribution in [2.45, 2.75) is 13.5 Å². The van der Waals surface area contributed by atoms with Crippen molar-refractivity contribution in [1.82, 2.24) is 15.5 Å². The second kappa shape index (κ2) is 5.99. The SMILES string of the molecule is Cc1noc(CNC(=O)Nc2ccc(F)c(C(=O)O)c2)n1. The number of anilines is 1. The number of aromatic carboxylic acids is 1. The van der Waals surface area contributed by atoms with Gasteiger partial charge in [-0.05, 0) is 25.1 Å². The van der Waals surface area contributed by atoms with Gasteiger partial charge in [-0.25, -0.2) is 14.0 Å². The number of halogens is 1. The van der Waals surface area contributed by atoms with Crippen LogP contribution in [0.4, 0.5) is 14.9 Å². The Morgan fingerprint density at radius 2 is 2.19 bits per heavy atom. The molecule has 21 heavy (non-hydrogen) atoms. The highest BCUT2D eigenvalue weighted by Crippen LogP contribution is 2.14. The van der Waals surface area contributed by atoms with Gasteiger partial charge < -0.3 is 20.3 Å². The van der Waals surface area contributed by atoms with E-state index in [0.717, 1.165) is 12.1 Å². The van der Waals surface area contributed by atoms with Gasteiger partial charge in [0.1, 0.15) is 5.82 Å². The van der Waals surface area contributed by atoms with E-state index in [9.17, 15) is 14.0 Å². The van der Waals surface area contributed by atoms with Crippen LogP contribution in [0.3, 0.4) is 0 Å². The van der Waals surface area contributed by atoms with Crippen LogP contribution in [0.15, 0.2) is 22.7 Å². The minimum atomic E-state index is -1.42. The van der Waals surface area contributed by atoms with Gasteiger partial charge in [0.05, 0.1) is 12.1 Å². The zero-order valence-electron chi connectivity index (χ0n) is 10.9. The van der Waals surface area contributed by atoms with E-state index < -0.39 is 23.4 Å². The Morgan fingerprint density at radius 1 is 1.43 bits per heavy atom. The van der Waals surface area contributed by atoms with Crippen molar-refractivity contribution in [3.63, 3.8) is 0 Å². The molecule has 8 nitrogen and oxygen atoms in total. The van der Waals surface area contributed by atoms with Gasteiger partial charge in [0.15, 0.2) is 5.82 Å². The number of rotatable bonds is 4. The molecular weight excluding hydrogens is 283 g/mol. The molecule has 1 aromatic heterocycles. The first-order valence-corrected chi connectivity index (χ1v) is 5.82. The number of aryl methyl sites for hydroxylation is 1. The zero-order valence-corrected chi connectivity index (χ0v) is 10.9. The van der Waals surface area contributed by atoms with Gasteiger partial charge in [-0.2, -0.15) is 4.98 Å². The Morgan fingerprint density at radius 3 is 2.81 bits per heavy atom. The maximum Gasteiger partial charge on any atom is 0.338 e. The van der Waals surface area contributed by atoms with Gasteiger partial charge in [-0.15, -0.1) is 0 Å². The highest BCUT2D eigenvalue weighted by Gasteiger charge is 2.12. The first-order chi connectivity index (χ1) is 9.95. The molecule has 1 aromatic carbocycles. The largest absolute Gasteiger partial charge is 0.478 e. The lowest BCUT2D eigenvalue weighted by Gasteiger charge is -2.07. The third-order valence-electron chi connectivity index (χ3n) is 2.42. The number of nitrogens with zero attached hydrogens (tertiary/aromatic N) is 2. The predicted molar refractivity (Wildman–Crippen MR) is 68.3 cm³/mol. The molecule has 0 aliphatic heterocycles. The fraction of sp³-hybridized carbons (Fsp3) is 0.167. The Balaban J connectivity index is 1.96. The fourth-order valence-electron chi connectivity index (χ4n) is 1.51. The maximum absolute atomic E-state index is 13.2. The fourth-order valence-corrected chi connectivity index (χ4v) is 1.51. The molecule has 1 heterocycles. The molecule has 0 radical (unpaired) electrons. The lowest BCUT2D eigenvalue weighted by molar-refractivity contribution is 0.0692. The Bertz CT molecular complexity index is 686. The summed E-state index contributed by atoms with van der Waals surface area (Å²) < 4.78 is 18.0. The molecule has 0 atom stereocenters. The number of carbonyl (C=O) groups is 2. The number of hydrogen-bond acceptors (Lipinski definition) is 5. The summed E-state index contributed by atoms with van der Waals surface area (Å²) in [5.74, 6) is -1.63. The number of carbonyl (C=O) groups excluding carboxylic acids is 1. The summed E-state index contributed by atoms with van der Waals surface area (Å²) >= 11 is 0. The average molecular weight is 294 g/mol. The highest BCUT2D eigenvalue weighted by molar-refractivity contribution is 5.93. The monoisotopic (exact) mass is 294 g/mol. The summed E-state index contributed by atoms with van der Waals surface area (Å²) in [6, 6.07) is 2.61. The van der Waals surface area contributed by atoms with Gasteiger partial charge >= 0.3 is 12.0 Å². The molecule has 0 aliphatic carbocycles. The number of aromatic nitrogens is 2. The van der Waals surface area contributed by atoms with E-state index in [2.05, 4.69) is 20.8 Å². The lowest BCUT2D eigenvalue weighted by atomic mass is 10.2. The van der Waals surface area contributed by atoms with E-state index >= 15 is 0 Å². The van der Waals surface area contributed by atoms with E-state index in [0.29, 0.717) is 5.82 Å². The van der Waals surface area contributed by atoms with Crippen molar-refractivity contribution in [2.24, 2.45) is 0 Å². The topological polar surface area (TPSA) is 117 Å². The smallest absolute Gasteiger partial charge is 0.338 e. The van der Waals surface area contributed by atoms with E-state index in [-0.39, 0.29) is 18.1 Å². The van der Waals surface area contributed by atoms with Crippen LogP contribution < -0.4 is 10.6 Å². The first kappa shape index (κ1) is 14.4. The molecule has 0 saturated carbocycles. The van der Waals surface area contributed by atoms with Gasteiger partial charge in [0, 0.05) is 5.69 Å². The molecule has 0 saturated heterocycles. The summed E-state index contributed by atoms with van der Waals surface area (Å²) in [6.07, 6.45) is 0. The number of amides is 2. The van der Waals surface area contributed by atoms with Gasteiger partial charge in [0.25, 0.3) is 0 Å². The van der Waals surface area contributed by atoms with Crippen LogP contribution in [0.1, 0.15) is 22.1 Å². The molecule has 2 aromatic rings. The van der Waals surface area contributed by atoms with E-state index in [4.69, 9.17) is 9.63 Å². The Labute approximate surface area is 118 Å². The van der Waals surface area contributed by atoms with Crippen molar-refractivity contribution in [1.29, 1.82) is 0 Å². The quantitative estimate of drug-likeness (QED) is 0.787. The Hall–Kier alpha value is -2.97. The van der Waals surface area contributed by atoms with Crippen molar-refractivity contribution >= 4 is 17.7 Å². The molecule has 9 heteroatoms. The lowest BCUT2D eigenvalue weighted by Crippen LogP contribution is -2.28. The van der Waals surface area contributed by atoms with E-state index in [1.165, 1.54) is 6.07 Å². The summed E-state index contributed by atoms with van der Waals surface area (Å²) in [5.41, 5.74) is -0.381. The molecule has 0 bridgehead atoms. The van der Waals surface area contributed by atoms with Gasteiger partial charge in [-0.1, -0.05) is 5.16 Å². The molecular formula is C12H11FN4O4. The van der Waals surface area contributed by atoms with Crippen LogP contribution in [0.5, 0.6) is 0 Å². The minimum Gasteiger partial charge on any atom is -0.478 e. The number of carboxylic acids is 1. The summed E-state index contributed by atoms with van der Waals surface area (Å²) in [6.45, 7) is 1.65. The van der Waals surface area contributed by atoms with Crippen LogP contribution in [0.2, 0.25) is 0 Å². The molecule has 0 spiro atoms. The minimum absolute atomic E-state index is 0.0135. The van der Waals surface area contributed by atoms with Crippen LogP contribution >= 0.6 is 0 Å². The van der Waals surface area contributed by atoms with Gasteiger partial charge in [-0.3, -0.25) is 0 Å². The molecule has 3 N–H and O–H groups in total. The number of hydrogen-bond donors (Lipinski definition) is 3. The number of nitrogens with one attached hydrogen (secondary N) is 2. The molecule has 0 unspecified atom stereocenters. The maximum atomic E-state index is 13.2. The van der Waals surface area contributed by atoms with Crippen LogP contribution in [0, 0.1) is 12.7 Å². The first-order valence-electron chi connectivity index (χ1n) is 5.82. The van der Waals surface area contributed by atoms with Crippen LogP contribution in [0.25, 0.3) is 0 Å². The van der Waals surface area contributed by atoms with E-state index in [1.54, 1.807) is 6.92 Å². The summed E-state index contributed by atoms with van der Waals surface area (Å²) in [5, 5.41) is 17.1. The number of urea groups is 1. The zero-order chi connectivity index (χ0) is 15.4. The van der Waals surface area contributed by atoms with Crippen molar-refractivity contribution in [3.8, 4) is 0 Å². The second-order valence-electron chi connectivity index (χ2n) is 4.04. The molecule has 0 fully saturated rings. The third kappa shape index (κ3) is 3.75. The number of benzene rings is 1. The Kier molecular flexibility index (Phi) is 4.12. The standard InChI is InChI=1S/C12H11FN4O4/c1-6-15-10(21-17-6)5-14-12(20)16-7-2-3-9(13)8(4-7)11(18)19/h2-4H,5H2,1H3,(H,18,19)(H2,14,16,20). The highest BCUT2D eigenvalue weighted by atomic mass is 19.1. The normalized spacial score (nSPS) is 10.2. The molecule has 2 rings (SSSR count).